The van der Waals surface area contributed by atoms with Crippen LogP contribution in [-0.4, -0.2) is 22.4 Å². The van der Waals surface area contributed by atoms with Crippen molar-refractivity contribution in [2.24, 2.45) is 0 Å². The number of carbonyl (C=O) groups excluding carboxylic acids is 2. The Kier molecular flexibility index (Phi) is 12.3. The zero-order valence-electron chi connectivity index (χ0n) is 18.0. The van der Waals surface area contributed by atoms with E-state index in [1.807, 2.05) is 39.0 Å². The van der Waals surface area contributed by atoms with Crippen LogP contribution in [0, 0.1) is 0 Å². The molecule has 0 saturated heterocycles. The molecule has 2 rings (SSSR count). The van der Waals surface area contributed by atoms with Crippen molar-refractivity contribution >= 4 is 65.0 Å². The van der Waals surface area contributed by atoms with Gasteiger partial charge in [-0.2, -0.15) is 0 Å². The molecule has 4 nitrogen and oxygen atoms in total. The number of hydrogen-bond donors (Lipinski definition) is 1. The maximum Gasteiger partial charge on any atom is 0.273 e. The van der Waals surface area contributed by atoms with Crippen molar-refractivity contribution in [1.82, 2.24) is 10.4 Å². The summed E-state index contributed by atoms with van der Waals surface area (Å²) in [6.45, 7) is 12.0. The Balaban J connectivity index is 0. The molecule has 0 aliphatic heterocycles. The molecule has 0 fully saturated rings. The summed E-state index contributed by atoms with van der Waals surface area (Å²) in [6.07, 6.45) is 0. The van der Waals surface area contributed by atoms with Gasteiger partial charge in [-0.25, -0.2) is 5.01 Å². The molecular formula is C22H30BrCl3N2O2. The van der Waals surface area contributed by atoms with Gasteiger partial charge in [0.05, 0.1) is 11.1 Å². The van der Waals surface area contributed by atoms with Crippen LogP contribution in [0.3, 0.4) is 0 Å². The molecule has 0 aliphatic rings. The highest BCUT2D eigenvalue weighted by Crippen LogP contribution is 2.23. The average molecular weight is 541 g/mol. The van der Waals surface area contributed by atoms with E-state index in [4.69, 9.17) is 0 Å². The number of benzene rings is 2. The molecule has 168 valence electrons. The Bertz CT molecular complexity index is 845. The number of nitrogens with zero attached hydrogens (tertiary/aromatic N) is 1. The van der Waals surface area contributed by atoms with Crippen LogP contribution in [0.2, 0.25) is 0 Å². The van der Waals surface area contributed by atoms with Gasteiger partial charge in [-0.3, -0.25) is 15.0 Å². The maximum absolute atomic E-state index is 13.0. The minimum absolute atomic E-state index is 0. The fraction of sp³-hybridized carbons (Fsp3) is 0.364. The summed E-state index contributed by atoms with van der Waals surface area (Å²) in [7, 11) is 0. The monoisotopic (exact) mass is 538 g/mol. The summed E-state index contributed by atoms with van der Waals surface area (Å²) < 4.78 is 0.688. The molecule has 0 saturated carbocycles. The van der Waals surface area contributed by atoms with Crippen molar-refractivity contribution < 1.29 is 9.59 Å². The number of hydrogen-bond acceptors (Lipinski definition) is 2. The second-order valence-corrected chi connectivity index (χ2v) is 9.41. The molecule has 0 bridgehead atoms. The van der Waals surface area contributed by atoms with Gasteiger partial charge in [0.15, 0.2) is 0 Å². The summed E-state index contributed by atoms with van der Waals surface area (Å²) >= 11 is 3.41. The number of rotatable bonds is 2. The van der Waals surface area contributed by atoms with Gasteiger partial charge < -0.3 is 0 Å². The molecule has 0 aliphatic carbocycles. The van der Waals surface area contributed by atoms with E-state index in [1.54, 1.807) is 30.3 Å². The second-order valence-electron chi connectivity index (χ2n) is 8.56. The van der Waals surface area contributed by atoms with Gasteiger partial charge in [0.25, 0.3) is 11.8 Å². The van der Waals surface area contributed by atoms with Crippen molar-refractivity contribution in [2.75, 3.05) is 0 Å². The van der Waals surface area contributed by atoms with Gasteiger partial charge in [-0.1, -0.05) is 45.0 Å². The van der Waals surface area contributed by atoms with Crippen LogP contribution in [0.5, 0.6) is 0 Å². The van der Waals surface area contributed by atoms with Crippen molar-refractivity contribution in [1.29, 1.82) is 0 Å². The molecule has 0 aromatic heterocycles. The first-order valence-electron chi connectivity index (χ1n) is 8.92. The van der Waals surface area contributed by atoms with E-state index >= 15 is 0 Å². The molecule has 0 unspecified atom stereocenters. The SMILES string of the molecule is CC(C)(C)c1ccc(C(=O)NN(C(=O)c2ccccc2Br)C(C)(C)C)cc1.Cl.Cl.Cl. The summed E-state index contributed by atoms with van der Waals surface area (Å²) in [5.74, 6) is -0.583. The highest BCUT2D eigenvalue weighted by Gasteiger charge is 2.30. The van der Waals surface area contributed by atoms with E-state index in [1.165, 1.54) is 5.01 Å². The first-order chi connectivity index (χ1) is 12.4. The Morgan fingerprint density at radius 2 is 1.33 bits per heavy atom. The van der Waals surface area contributed by atoms with Crippen LogP contribution in [0.1, 0.15) is 67.8 Å². The fourth-order valence-corrected chi connectivity index (χ4v) is 3.02. The Morgan fingerprint density at radius 1 is 0.833 bits per heavy atom. The molecule has 8 heteroatoms. The Labute approximate surface area is 206 Å². The maximum atomic E-state index is 13.0. The van der Waals surface area contributed by atoms with E-state index in [-0.39, 0.29) is 54.5 Å². The number of hydrazine groups is 1. The van der Waals surface area contributed by atoms with E-state index in [2.05, 4.69) is 42.1 Å². The highest BCUT2D eigenvalue weighted by atomic mass is 79.9. The van der Waals surface area contributed by atoms with E-state index in [0.717, 1.165) is 5.56 Å². The number of nitrogens with one attached hydrogen (secondary N) is 1. The van der Waals surface area contributed by atoms with Gasteiger partial charge in [0.1, 0.15) is 0 Å². The van der Waals surface area contributed by atoms with Crippen LogP contribution in [0.15, 0.2) is 53.0 Å². The molecule has 2 aromatic carbocycles. The Hall–Kier alpha value is -1.27. The zero-order valence-corrected chi connectivity index (χ0v) is 22.0. The van der Waals surface area contributed by atoms with Crippen LogP contribution in [-0.2, 0) is 5.41 Å². The second kappa shape index (κ2) is 11.9. The molecule has 0 heterocycles. The lowest BCUT2D eigenvalue weighted by molar-refractivity contribution is 0.0358. The average Bonchev–Trinajstić information content (AvgIpc) is 2.57. The molecule has 0 radical (unpaired) electrons. The summed E-state index contributed by atoms with van der Waals surface area (Å²) in [6, 6.07) is 14.7. The van der Waals surface area contributed by atoms with Crippen molar-refractivity contribution in [3.63, 3.8) is 0 Å². The number of halogens is 4. The quantitative estimate of drug-likeness (QED) is 0.437. The van der Waals surface area contributed by atoms with Crippen molar-refractivity contribution in [2.45, 2.75) is 52.5 Å². The minimum Gasteiger partial charge on any atom is -0.267 e. The third-order valence-electron chi connectivity index (χ3n) is 4.20. The van der Waals surface area contributed by atoms with Crippen LogP contribution in [0.25, 0.3) is 0 Å². The first kappa shape index (κ1) is 30.9. The summed E-state index contributed by atoms with van der Waals surface area (Å²) in [5, 5.41) is 1.38. The minimum atomic E-state index is -0.590. The van der Waals surface area contributed by atoms with Gasteiger partial charge in [0.2, 0.25) is 0 Å². The molecular weight excluding hydrogens is 511 g/mol. The largest absolute Gasteiger partial charge is 0.273 e. The van der Waals surface area contributed by atoms with Crippen LogP contribution in [0.4, 0.5) is 0 Å². The lowest BCUT2D eigenvalue weighted by Gasteiger charge is -2.35. The predicted molar refractivity (Wildman–Crippen MR) is 134 cm³/mol. The van der Waals surface area contributed by atoms with Crippen LogP contribution < -0.4 is 5.43 Å². The zero-order chi connectivity index (χ0) is 20.4. The third-order valence-corrected chi connectivity index (χ3v) is 4.90. The van der Waals surface area contributed by atoms with Gasteiger partial charge in [0, 0.05) is 10.0 Å². The predicted octanol–water partition coefficient (Wildman–Crippen LogP) is 6.60. The molecule has 2 aromatic rings. The van der Waals surface area contributed by atoms with Gasteiger partial charge in [-0.05, 0) is 71.9 Å². The lowest BCUT2D eigenvalue weighted by Crippen LogP contribution is -2.56. The van der Waals surface area contributed by atoms with Crippen molar-refractivity contribution in [3.8, 4) is 0 Å². The standard InChI is InChI=1S/C22H27BrN2O2.3ClH/c1-21(2,3)16-13-11-15(12-14-16)19(26)24-25(22(4,5)6)20(27)17-9-7-8-10-18(17)23;;;/h7-14H,1-6H3,(H,24,26);3*1H. The fourth-order valence-electron chi connectivity index (χ4n) is 2.57. The highest BCUT2D eigenvalue weighted by molar-refractivity contribution is 9.10. The third kappa shape index (κ3) is 7.77. The molecule has 1 N–H and O–H groups in total. The van der Waals surface area contributed by atoms with E-state index < -0.39 is 5.54 Å². The topological polar surface area (TPSA) is 49.4 Å². The van der Waals surface area contributed by atoms with Crippen LogP contribution >= 0.6 is 53.2 Å². The summed E-state index contributed by atoms with van der Waals surface area (Å²) in [4.78, 5) is 25.8. The normalized spacial score (nSPS) is 10.6. The van der Waals surface area contributed by atoms with E-state index in [9.17, 15) is 9.59 Å². The molecule has 0 atom stereocenters. The lowest BCUT2D eigenvalue weighted by atomic mass is 9.87. The van der Waals surface area contributed by atoms with Gasteiger partial charge >= 0.3 is 0 Å². The van der Waals surface area contributed by atoms with Gasteiger partial charge in [-0.15, -0.1) is 37.2 Å². The smallest absolute Gasteiger partial charge is 0.267 e. The molecule has 0 spiro atoms. The molecule has 30 heavy (non-hydrogen) atoms. The summed E-state index contributed by atoms with van der Waals surface area (Å²) in [5.41, 5.74) is 4.36. The Morgan fingerprint density at radius 3 is 1.77 bits per heavy atom. The number of carbonyl (C=O) groups is 2. The van der Waals surface area contributed by atoms with E-state index in [0.29, 0.717) is 15.6 Å². The molecule has 2 amide bonds. The number of amides is 2. The first-order valence-corrected chi connectivity index (χ1v) is 9.71. The van der Waals surface area contributed by atoms with Crippen molar-refractivity contribution in [3.05, 3.63) is 69.7 Å².